The molecule has 0 aliphatic carbocycles. The van der Waals surface area contributed by atoms with Crippen LogP contribution in [0.5, 0.6) is 0 Å². The van der Waals surface area contributed by atoms with Crippen LogP contribution in [0.25, 0.3) is 0 Å². The average molecular weight is 443 g/mol. The van der Waals surface area contributed by atoms with E-state index in [2.05, 4.69) is 49.1 Å². The number of thiophene rings is 1. The number of carbonyl (C=O) groups is 1. The minimum atomic E-state index is -0.208. The van der Waals surface area contributed by atoms with Gasteiger partial charge in [-0.25, -0.2) is 0 Å². The number of hydrogen-bond donors (Lipinski definition) is 1. The molecule has 1 spiro atoms. The first-order valence-electron chi connectivity index (χ1n) is 11.4. The molecule has 2 saturated heterocycles. The number of aliphatic hydroxyl groups is 1. The first kappa shape index (κ1) is 22.5. The summed E-state index contributed by atoms with van der Waals surface area (Å²) < 4.78 is 6.27. The summed E-state index contributed by atoms with van der Waals surface area (Å²) in [6.07, 6.45) is 2.61. The van der Waals surface area contributed by atoms with E-state index in [1.807, 2.05) is 10.3 Å². The van der Waals surface area contributed by atoms with Crippen molar-refractivity contribution >= 4 is 17.2 Å². The minimum Gasteiger partial charge on any atom is -0.396 e. The molecule has 31 heavy (non-hydrogen) atoms. The predicted octanol–water partition coefficient (Wildman–Crippen LogP) is 3.91. The highest BCUT2D eigenvalue weighted by Crippen LogP contribution is 2.32. The van der Waals surface area contributed by atoms with Gasteiger partial charge in [-0.2, -0.15) is 0 Å². The number of nitrogens with zero attached hydrogens (tertiary/aromatic N) is 2. The lowest BCUT2D eigenvalue weighted by atomic mass is 9.89. The van der Waals surface area contributed by atoms with Crippen LogP contribution in [-0.2, 0) is 17.7 Å². The Morgan fingerprint density at radius 1 is 1.19 bits per heavy atom. The molecule has 2 fully saturated rings. The molecule has 0 bridgehead atoms. The monoisotopic (exact) mass is 442 g/mol. The maximum Gasteiger partial charge on any atom is 0.254 e. The van der Waals surface area contributed by atoms with Crippen LogP contribution in [0.4, 0.5) is 0 Å². The first-order valence-corrected chi connectivity index (χ1v) is 12.3. The molecule has 5 nitrogen and oxygen atoms in total. The van der Waals surface area contributed by atoms with Crippen LogP contribution in [0.15, 0.2) is 35.7 Å². The highest BCUT2D eigenvalue weighted by molar-refractivity contribution is 7.10. The number of piperidine rings is 1. The number of amides is 1. The van der Waals surface area contributed by atoms with Gasteiger partial charge in [-0.3, -0.25) is 9.69 Å². The van der Waals surface area contributed by atoms with E-state index < -0.39 is 0 Å². The Bertz CT molecular complexity index is 886. The SMILES string of the molecule is CC(C)c1cc(C(=O)N2CCOC3(CCN(Cc4cccc(CCO)c4)CC3)C2)cs1. The number of ether oxygens (including phenoxy) is 1. The van der Waals surface area contributed by atoms with Gasteiger partial charge in [0.2, 0.25) is 0 Å². The minimum absolute atomic E-state index is 0.147. The fourth-order valence-corrected chi connectivity index (χ4v) is 5.56. The number of hydrogen-bond acceptors (Lipinski definition) is 5. The van der Waals surface area contributed by atoms with Crippen molar-refractivity contribution in [2.75, 3.05) is 39.4 Å². The van der Waals surface area contributed by atoms with Crippen molar-refractivity contribution in [3.63, 3.8) is 0 Å². The molecular weight excluding hydrogens is 408 g/mol. The molecule has 2 aliphatic heterocycles. The Labute approximate surface area is 189 Å². The zero-order valence-electron chi connectivity index (χ0n) is 18.7. The molecule has 0 saturated carbocycles. The Hall–Kier alpha value is -1.73. The molecule has 1 aromatic heterocycles. The van der Waals surface area contributed by atoms with Gasteiger partial charge in [-0.1, -0.05) is 38.1 Å². The lowest BCUT2D eigenvalue weighted by Gasteiger charge is -2.47. The summed E-state index contributed by atoms with van der Waals surface area (Å²) in [6, 6.07) is 10.6. The fourth-order valence-electron chi connectivity index (χ4n) is 4.66. The predicted molar refractivity (Wildman–Crippen MR) is 125 cm³/mol. The van der Waals surface area contributed by atoms with Gasteiger partial charge in [0.1, 0.15) is 0 Å². The summed E-state index contributed by atoms with van der Waals surface area (Å²) >= 11 is 1.68. The summed E-state index contributed by atoms with van der Waals surface area (Å²) in [5.41, 5.74) is 3.10. The van der Waals surface area contributed by atoms with Crippen LogP contribution in [0.3, 0.4) is 0 Å². The molecule has 2 aromatic rings. The number of rotatable bonds is 6. The van der Waals surface area contributed by atoms with Crippen LogP contribution in [0.1, 0.15) is 59.0 Å². The largest absolute Gasteiger partial charge is 0.396 e. The summed E-state index contributed by atoms with van der Waals surface area (Å²) in [5, 5.41) is 11.2. The molecule has 0 unspecified atom stereocenters. The van der Waals surface area contributed by atoms with Gasteiger partial charge in [0.25, 0.3) is 5.91 Å². The molecule has 4 rings (SSSR count). The molecule has 6 heteroatoms. The first-order chi connectivity index (χ1) is 15.0. The van der Waals surface area contributed by atoms with Crippen molar-refractivity contribution in [1.82, 2.24) is 9.80 Å². The average Bonchev–Trinajstić information content (AvgIpc) is 3.26. The quantitative estimate of drug-likeness (QED) is 0.737. The third-order valence-electron chi connectivity index (χ3n) is 6.54. The molecule has 2 aliphatic rings. The summed E-state index contributed by atoms with van der Waals surface area (Å²) in [7, 11) is 0. The van der Waals surface area contributed by atoms with Crippen LogP contribution in [-0.4, -0.2) is 65.8 Å². The normalized spacial score (nSPS) is 19.3. The fraction of sp³-hybridized carbons (Fsp3) is 0.560. The second kappa shape index (κ2) is 9.82. The third kappa shape index (κ3) is 5.37. The summed E-state index contributed by atoms with van der Waals surface area (Å²) in [6.45, 7) is 9.38. The van der Waals surface area contributed by atoms with Crippen LogP contribution < -0.4 is 0 Å². The topological polar surface area (TPSA) is 53.0 Å². The van der Waals surface area contributed by atoms with E-state index in [4.69, 9.17) is 4.74 Å². The van der Waals surface area contributed by atoms with Gasteiger partial charge >= 0.3 is 0 Å². The highest BCUT2D eigenvalue weighted by Gasteiger charge is 2.41. The standard InChI is InChI=1S/C25H34N2O3S/c1-19(2)23-15-22(17-31-23)24(29)27-11-13-30-25(18-27)7-9-26(10-8-25)16-21-5-3-4-20(14-21)6-12-28/h3-5,14-15,17,19,28H,6-13,16,18H2,1-2H3. The van der Waals surface area contributed by atoms with Crippen molar-refractivity contribution in [1.29, 1.82) is 0 Å². The van der Waals surface area contributed by atoms with Crippen LogP contribution in [0, 0.1) is 0 Å². The Morgan fingerprint density at radius 3 is 2.68 bits per heavy atom. The van der Waals surface area contributed by atoms with E-state index in [0.717, 1.165) is 38.0 Å². The summed E-state index contributed by atoms with van der Waals surface area (Å²) in [4.78, 5) is 18.8. The highest BCUT2D eigenvalue weighted by atomic mass is 32.1. The van der Waals surface area contributed by atoms with Gasteiger partial charge in [-0.15, -0.1) is 11.3 Å². The molecule has 1 N–H and O–H groups in total. The number of aliphatic hydroxyl groups excluding tert-OH is 1. The van der Waals surface area contributed by atoms with Crippen LogP contribution >= 0.6 is 11.3 Å². The van der Waals surface area contributed by atoms with E-state index in [-0.39, 0.29) is 18.1 Å². The van der Waals surface area contributed by atoms with Gasteiger partial charge in [0, 0.05) is 43.0 Å². The number of carbonyl (C=O) groups excluding carboxylic acids is 1. The zero-order valence-corrected chi connectivity index (χ0v) is 19.5. The van der Waals surface area contributed by atoms with E-state index in [0.29, 0.717) is 32.0 Å². The van der Waals surface area contributed by atoms with Crippen molar-refractivity contribution in [2.45, 2.75) is 51.2 Å². The Balaban J connectivity index is 1.34. The van der Waals surface area contributed by atoms with E-state index >= 15 is 0 Å². The van der Waals surface area contributed by atoms with Crippen molar-refractivity contribution in [3.8, 4) is 0 Å². The van der Waals surface area contributed by atoms with Gasteiger partial charge in [0.05, 0.1) is 24.3 Å². The number of benzene rings is 1. The lowest BCUT2D eigenvalue weighted by molar-refractivity contribution is -0.127. The molecule has 0 radical (unpaired) electrons. The lowest BCUT2D eigenvalue weighted by Crippen LogP contribution is -2.57. The maximum absolute atomic E-state index is 13.1. The molecule has 1 aromatic carbocycles. The van der Waals surface area contributed by atoms with Crippen molar-refractivity contribution in [3.05, 3.63) is 57.3 Å². The third-order valence-corrected chi connectivity index (χ3v) is 7.77. The zero-order chi connectivity index (χ0) is 21.8. The van der Waals surface area contributed by atoms with Gasteiger partial charge in [0.15, 0.2) is 0 Å². The smallest absolute Gasteiger partial charge is 0.254 e. The molecule has 168 valence electrons. The van der Waals surface area contributed by atoms with Crippen molar-refractivity contribution < 1.29 is 14.6 Å². The number of morpholine rings is 1. The van der Waals surface area contributed by atoms with Gasteiger partial charge < -0.3 is 14.7 Å². The number of likely N-dealkylation sites (tertiary alicyclic amines) is 1. The van der Waals surface area contributed by atoms with E-state index in [1.165, 1.54) is 16.0 Å². The van der Waals surface area contributed by atoms with E-state index in [1.54, 1.807) is 11.3 Å². The molecular formula is C25H34N2O3S. The van der Waals surface area contributed by atoms with Gasteiger partial charge in [-0.05, 0) is 42.4 Å². The van der Waals surface area contributed by atoms with E-state index in [9.17, 15) is 9.90 Å². The Morgan fingerprint density at radius 2 is 1.97 bits per heavy atom. The second-order valence-corrected chi connectivity index (χ2v) is 10.2. The summed E-state index contributed by atoms with van der Waals surface area (Å²) in [5.74, 6) is 0.602. The maximum atomic E-state index is 13.1. The molecule has 1 amide bonds. The van der Waals surface area contributed by atoms with Crippen LogP contribution in [0.2, 0.25) is 0 Å². The molecule has 3 heterocycles. The molecule has 0 atom stereocenters. The second-order valence-electron chi connectivity index (χ2n) is 9.22. The van der Waals surface area contributed by atoms with Crippen molar-refractivity contribution in [2.24, 2.45) is 0 Å². The Kier molecular flexibility index (Phi) is 7.12.